The fourth-order valence-corrected chi connectivity index (χ4v) is 0. The van der Waals surface area contributed by atoms with E-state index in [1.807, 2.05) is 0 Å². The van der Waals surface area contributed by atoms with Gasteiger partial charge in [0.15, 0.2) is 0 Å². The van der Waals surface area contributed by atoms with Crippen molar-refractivity contribution in [2.45, 2.75) is 26.9 Å². The predicted octanol–water partition coefficient (Wildman–Crippen LogP) is -1.87. The summed E-state index contributed by atoms with van der Waals surface area (Å²) in [6.07, 6.45) is -0.417. The van der Waals surface area contributed by atoms with Crippen molar-refractivity contribution >= 4 is 29.0 Å². The molecule has 0 spiro atoms. The summed E-state index contributed by atoms with van der Waals surface area (Å²) in [7, 11) is 0. The zero-order valence-electron chi connectivity index (χ0n) is 6.01. The molecule has 0 aliphatic carbocycles. The summed E-state index contributed by atoms with van der Waals surface area (Å²) < 4.78 is 0. The van der Waals surface area contributed by atoms with Crippen LogP contribution in [0, 0.1) is 0 Å². The molecule has 0 aliphatic heterocycles. The van der Waals surface area contributed by atoms with Gasteiger partial charge in [0.1, 0.15) is 0 Å². The maximum absolute atomic E-state index is 9.53. The van der Waals surface area contributed by atoms with Crippen molar-refractivity contribution in [1.29, 1.82) is 0 Å². The van der Waals surface area contributed by atoms with Gasteiger partial charge in [-0.05, 0) is 6.92 Å². The summed E-state index contributed by atoms with van der Waals surface area (Å²) in [5.41, 5.74) is 0. The second-order valence-corrected chi connectivity index (χ2v) is 1.54. The molecule has 0 fully saturated rings. The van der Waals surface area contributed by atoms with Crippen LogP contribution in [0.5, 0.6) is 0 Å². The number of carboxylic acid groups (broad SMARTS) is 1. The molecule has 0 bridgehead atoms. The topological polar surface area (TPSA) is 63.2 Å². The Morgan fingerprint density at radius 3 is 1.44 bits per heavy atom. The monoisotopic (exact) mass is 142 g/mol. The second-order valence-electron chi connectivity index (χ2n) is 1.54. The van der Waals surface area contributed by atoms with Crippen LogP contribution in [0.3, 0.4) is 0 Å². The van der Waals surface area contributed by atoms with Crippen LogP contribution in [0.1, 0.15) is 20.8 Å². The molecule has 0 aromatic rings. The van der Waals surface area contributed by atoms with Gasteiger partial charge in [-0.25, -0.2) is 0 Å². The summed E-state index contributed by atoms with van der Waals surface area (Å²) in [4.78, 5) is 8.89. The molecule has 0 saturated carbocycles. The Balaban J connectivity index is -0.0000000720. The van der Waals surface area contributed by atoms with Gasteiger partial charge in [0.25, 0.3) is 0 Å². The first-order valence-corrected chi connectivity index (χ1v) is 2.30. The molecule has 0 aliphatic rings. The first-order valence-electron chi connectivity index (χ1n) is 2.30. The molecule has 0 unspecified atom stereocenters. The van der Waals surface area contributed by atoms with Crippen LogP contribution in [0.4, 0.5) is 0 Å². The Morgan fingerprint density at radius 2 is 1.44 bits per heavy atom. The van der Waals surface area contributed by atoms with E-state index in [0.717, 1.165) is 6.92 Å². The Hall–Kier alpha value is 0.196. The number of carboxylic acids is 1. The number of hydrogen-bond donors (Lipinski definition) is 0. The Morgan fingerprint density at radius 1 is 1.44 bits per heavy atom. The minimum absolute atomic E-state index is 0. The summed E-state index contributed by atoms with van der Waals surface area (Å²) >= 11 is 0. The smallest absolute Gasteiger partial charge is 0.852 e. The number of hydrogen-bond acceptors (Lipinski definition) is 3. The van der Waals surface area contributed by atoms with E-state index in [9.17, 15) is 5.11 Å². The molecule has 0 atom stereocenters. The van der Waals surface area contributed by atoms with E-state index >= 15 is 0 Å². The SMILES string of the molecule is CC(=O)[O-].CC(C)[O-].[Mg+2]. The van der Waals surface area contributed by atoms with Crippen LogP contribution < -0.4 is 10.2 Å². The van der Waals surface area contributed by atoms with Gasteiger partial charge in [0, 0.05) is 5.97 Å². The zero-order valence-corrected chi connectivity index (χ0v) is 7.42. The summed E-state index contributed by atoms with van der Waals surface area (Å²) in [5, 5.41) is 18.4. The van der Waals surface area contributed by atoms with Crippen molar-refractivity contribution in [3.05, 3.63) is 0 Å². The van der Waals surface area contributed by atoms with Crippen molar-refractivity contribution in [2.24, 2.45) is 0 Å². The molecule has 0 heterocycles. The molecule has 0 rings (SSSR count). The molecule has 0 saturated heterocycles. The van der Waals surface area contributed by atoms with Gasteiger partial charge >= 0.3 is 23.1 Å². The van der Waals surface area contributed by atoms with E-state index < -0.39 is 12.1 Å². The molecular weight excluding hydrogens is 132 g/mol. The van der Waals surface area contributed by atoms with E-state index in [0.29, 0.717) is 0 Å². The maximum atomic E-state index is 9.53. The van der Waals surface area contributed by atoms with Gasteiger partial charge in [-0.2, -0.15) is 0 Å². The molecule has 0 aromatic heterocycles. The second kappa shape index (κ2) is 11.1. The van der Waals surface area contributed by atoms with Crippen LogP contribution in [0.2, 0.25) is 0 Å². The number of carbonyl (C=O) groups is 1. The summed E-state index contributed by atoms with van der Waals surface area (Å²) in [6, 6.07) is 0. The van der Waals surface area contributed by atoms with Crippen molar-refractivity contribution in [3.8, 4) is 0 Å². The van der Waals surface area contributed by atoms with Crippen LogP contribution in [-0.2, 0) is 4.79 Å². The van der Waals surface area contributed by atoms with E-state index in [2.05, 4.69) is 0 Å². The van der Waals surface area contributed by atoms with Crippen molar-refractivity contribution < 1.29 is 15.0 Å². The number of carbonyl (C=O) groups excluding carboxylic acids is 1. The molecule has 4 heteroatoms. The Bertz CT molecular complexity index is 56.5. The molecule has 9 heavy (non-hydrogen) atoms. The van der Waals surface area contributed by atoms with Crippen LogP contribution in [-0.4, -0.2) is 35.1 Å². The van der Waals surface area contributed by atoms with Crippen molar-refractivity contribution in [3.63, 3.8) is 0 Å². The van der Waals surface area contributed by atoms with E-state index in [4.69, 9.17) is 9.90 Å². The molecule has 0 radical (unpaired) electrons. The first kappa shape index (κ1) is 16.1. The number of aliphatic carboxylic acids is 1. The molecule has 0 amide bonds. The molecule has 0 N–H and O–H groups in total. The first-order chi connectivity index (χ1) is 3.46. The Labute approximate surface area is 71.2 Å². The predicted molar refractivity (Wildman–Crippen MR) is 31.6 cm³/mol. The van der Waals surface area contributed by atoms with Gasteiger partial charge in [-0.15, -0.1) is 6.10 Å². The van der Waals surface area contributed by atoms with Gasteiger partial charge in [0.2, 0.25) is 0 Å². The zero-order chi connectivity index (χ0) is 7.15. The fraction of sp³-hybridized carbons (Fsp3) is 0.800. The van der Waals surface area contributed by atoms with E-state index in [-0.39, 0.29) is 23.1 Å². The van der Waals surface area contributed by atoms with E-state index in [1.54, 1.807) is 13.8 Å². The van der Waals surface area contributed by atoms with Crippen molar-refractivity contribution in [1.82, 2.24) is 0 Å². The maximum Gasteiger partial charge on any atom is 2.00 e. The third kappa shape index (κ3) is 8170. The minimum Gasteiger partial charge on any atom is -0.852 e. The largest absolute Gasteiger partial charge is 2.00 e. The normalized spacial score (nSPS) is 6.78. The molecular formula is C5H10MgO3. The Kier molecular flexibility index (Phi) is 19.8. The summed E-state index contributed by atoms with van der Waals surface area (Å²) in [5.74, 6) is -1.08. The van der Waals surface area contributed by atoms with Crippen LogP contribution >= 0.6 is 0 Å². The van der Waals surface area contributed by atoms with Gasteiger partial charge in [0.05, 0.1) is 0 Å². The number of rotatable bonds is 0. The third-order valence-corrected chi connectivity index (χ3v) is 0. The van der Waals surface area contributed by atoms with Gasteiger partial charge in [-0.1, -0.05) is 13.8 Å². The average molecular weight is 142 g/mol. The quantitative estimate of drug-likeness (QED) is 0.372. The molecule has 50 valence electrons. The van der Waals surface area contributed by atoms with Gasteiger partial charge in [-0.3, -0.25) is 0 Å². The van der Waals surface area contributed by atoms with Crippen molar-refractivity contribution in [2.75, 3.05) is 0 Å². The fourth-order valence-electron chi connectivity index (χ4n) is 0. The van der Waals surface area contributed by atoms with E-state index in [1.165, 1.54) is 0 Å². The third-order valence-electron chi connectivity index (χ3n) is 0. The average Bonchev–Trinajstić information content (AvgIpc) is 1.25. The molecule has 0 aromatic carbocycles. The van der Waals surface area contributed by atoms with Crippen LogP contribution in [0.25, 0.3) is 0 Å². The minimum atomic E-state index is -1.08. The van der Waals surface area contributed by atoms with Gasteiger partial charge < -0.3 is 15.0 Å². The standard InChI is InChI=1S/C3H7O.C2H4O2.Mg/c1-3(2)4;1-2(3)4;/h3H,1-2H3;1H3,(H,3,4);/q-1;;+2/p-1. The summed E-state index contributed by atoms with van der Waals surface area (Å²) in [6.45, 7) is 4.19. The molecule has 3 nitrogen and oxygen atoms in total. The van der Waals surface area contributed by atoms with Crippen LogP contribution in [0.15, 0.2) is 0 Å².